The van der Waals surface area contributed by atoms with Crippen molar-refractivity contribution in [2.75, 3.05) is 7.11 Å². The molecule has 0 aliphatic rings. The zero-order chi connectivity index (χ0) is 10.0. The van der Waals surface area contributed by atoms with Crippen LogP contribution in [0.5, 0.6) is 5.75 Å². The van der Waals surface area contributed by atoms with Crippen LogP contribution in [-0.2, 0) is 0 Å². The molecule has 70 valence electrons. The maximum absolute atomic E-state index is 13.1. The van der Waals surface area contributed by atoms with Gasteiger partial charge in [0.25, 0.3) is 0 Å². The van der Waals surface area contributed by atoms with Crippen molar-refractivity contribution >= 4 is 5.78 Å². The molecule has 0 bridgehead atoms. The van der Waals surface area contributed by atoms with Gasteiger partial charge < -0.3 is 4.74 Å². The van der Waals surface area contributed by atoms with E-state index in [4.69, 9.17) is 4.74 Å². The first kappa shape index (κ1) is 9.71. The van der Waals surface area contributed by atoms with Crippen LogP contribution in [0.2, 0.25) is 0 Å². The summed E-state index contributed by atoms with van der Waals surface area (Å²) in [5.41, 5.74) is 0.661. The fourth-order valence-corrected chi connectivity index (χ4v) is 1.31. The summed E-state index contributed by atoms with van der Waals surface area (Å²) in [6.07, 6.45) is 0. The molecule has 3 heteroatoms. The van der Waals surface area contributed by atoms with Crippen molar-refractivity contribution in [2.24, 2.45) is 0 Å². The fourth-order valence-electron chi connectivity index (χ4n) is 1.31. The summed E-state index contributed by atoms with van der Waals surface area (Å²) in [5, 5.41) is 0. The number of methoxy groups -OCH3 is 1. The van der Waals surface area contributed by atoms with Crippen molar-refractivity contribution in [1.29, 1.82) is 0 Å². The number of ketones is 1. The van der Waals surface area contributed by atoms with Gasteiger partial charge in [0.15, 0.2) is 5.78 Å². The van der Waals surface area contributed by atoms with Gasteiger partial charge in [0, 0.05) is 5.56 Å². The van der Waals surface area contributed by atoms with Gasteiger partial charge in [-0.25, -0.2) is 4.39 Å². The Morgan fingerprint density at radius 1 is 1.46 bits per heavy atom. The van der Waals surface area contributed by atoms with Gasteiger partial charge in [-0.1, -0.05) is 0 Å². The quantitative estimate of drug-likeness (QED) is 0.656. The summed E-state index contributed by atoms with van der Waals surface area (Å²) < 4.78 is 18.1. The normalized spacial score (nSPS) is 9.85. The van der Waals surface area contributed by atoms with Crippen LogP contribution >= 0.6 is 0 Å². The lowest BCUT2D eigenvalue weighted by molar-refractivity contribution is 0.101. The van der Waals surface area contributed by atoms with Gasteiger partial charge in [0.1, 0.15) is 11.6 Å². The minimum Gasteiger partial charge on any atom is -0.496 e. The van der Waals surface area contributed by atoms with Crippen molar-refractivity contribution in [1.82, 2.24) is 0 Å². The highest BCUT2D eigenvalue weighted by Gasteiger charge is 2.13. The molecule has 1 aromatic rings. The molecule has 0 saturated carbocycles. The first-order chi connectivity index (χ1) is 6.07. The van der Waals surface area contributed by atoms with E-state index in [1.54, 1.807) is 6.92 Å². The number of hydrogen-bond donors (Lipinski definition) is 0. The van der Waals surface area contributed by atoms with Crippen LogP contribution in [0.15, 0.2) is 12.1 Å². The third-order valence-electron chi connectivity index (χ3n) is 1.94. The molecule has 0 N–H and O–H groups in total. The number of benzene rings is 1. The number of halogens is 1. The van der Waals surface area contributed by atoms with E-state index in [1.165, 1.54) is 26.2 Å². The largest absolute Gasteiger partial charge is 0.496 e. The summed E-state index contributed by atoms with van der Waals surface area (Å²) in [5.74, 6) is -0.244. The van der Waals surface area contributed by atoms with Crippen LogP contribution in [-0.4, -0.2) is 12.9 Å². The summed E-state index contributed by atoms with van der Waals surface area (Å²) in [6, 6.07) is 2.75. The Hall–Kier alpha value is -1.38. The van der Waals surface area contributed by atoms with Crippen molar-refractivity contribution in [3.63, 3.8) is 0 Å². The molecule has 13 heavy (non-hydrogen) atoms. The third-order valence-corrected chi connectivity index (χ3v) is 1.94. The zero-order valence-corrected chi connectivity index (χ0v) is 7.85. The van der Waals surface area contributed by atoms with Crippen LogP contribution in [0, 0.1) is 12.7 Å². The Kier molecular flexibility index (Phi) is 2.66. The standard InChI is InChI=1S/C10H11FO2/c1-6-9(13-3)5-4-8(11)10(6)7(2)12/h4-5H,1-3H3. The molecule has 0 aliphatic carbocycles. The molecule has 0 aliphatic heterocycles. The lowest BCUT2D eigenvalue weighted by atomic mass is 10.0. The predicted octanol–water partition coefficient (Wildman–Crippen LogP) is 2.35. The number of Topliss-reactive ketones (excluding diaryl/α,β-unsaturated/α-hetero) is 1. The van der Waals surface area contributed by atoms with Crippen LogP contribution in [0.4, 0.5) is 4.39 Å². The minimum absolute atomic E-state index is 0.111. The molecule has 0 atom stereocenters. The Bertz CT molecular complexity index is 345. The summed E-state index contributed by atoms with van der Waals surface area (Å²) in [7, 11) is 1.49. The van der Waals surface area contributed by atoms with E-state index in [0.717, 1.165) is 0 Å². The molecular formula is C10H11FO2. The average molecular weight is 182 g/mol. The van der Waals surface area contributed by atoms with E-state index >= 15 is 0 Å². The van der Waals surface area contributed by atoms with Gasteiger partial charge in [-0.05, 0) is 26.0 Å². The first-order valence-corrected chi connectivity index (χ1v) is 3.92. The number of hydrogen-bond acceptors (Lipinski definition) is 2. The van der Waals surface area contributed by atoms with Crippen LogP contribution in [0.1, 0.15) is 22.8 Å². The van der Waals surface area contributed by atoms with Gasteiger partial charge in [0.05, 0.1) is 12.7 Å². The summed E-state index contributed by atoms with van der Waals surface area (Å²) in [6.45, 7) is 3.00. The lowest BCUT2D eigenvalue weighted by Crippen LogP contribution is -2.02. The van der Waals surface area contributed by atoms with Crippen molar-refractivity contribution < 1.29 is 13.9 Å². The Morgan fingerprint density at radius 3 is 2.54 bits per heavy atom. The molecule has 0 amide bonds. The molecule has 2 nitrogen and oxygen atoms in total. The Morgan fingerprint density at radius 2 is 2.08 bits per heavy atom. The molecule has 1 aromatic carbocycles. The van der Waals surface area contributed by atoms with E-state index in [9.17, 15) is 9.18 Å². The van der Waals surface area contributed by atoms with E-state index in [0.29, 0.717) is 11.3 Å². The molecule has 0 radical (unpaired) electrons. The monoisotopic (exact) mass is 182 g/mol. The van der Waals surface area contributed by atoms with Crippen molar-refractivity contribution in [3.8, 4) is 5.75 Å². The smallest absolute Gasteiger partial charge is 0.163 e. The second-order valence-corrected chi connectivity index (χ2v) is 2.81. The SMILES string of the molecule is COc1ccc(F)c(C(C)=O)c1C. The van der Waals surface area contributed by atoms with E-state index < -0.39 is 5.82 Å². The number of ether oxygens (including phenoxy) is 1. The molecule has 0 spiro atoms. The molecule has 0 aromatic heterocycles. The Labute approximate surface area is 76.3 Å². The van der Waals surface area contributed by atoms with Gasteiger partial charge in [-0.2, -0.15) is 0 Å². The maximum Gasteiger partial charge on any atom is 0.163 e. The second kappa shape index (κ2) is 3.56. The molecule has 1 rings (SSSR count). The third kappa shape index (κ3) is 1.69. The number of rotatable bonds is 2. The first-order valence-electron chi connectivity index (χ1n) is 3.92. The van der Waals surface area contributed by atoms with Crippen molar-refractivity contribution in [3.05, 3.63) is 29.1 Å². The highest BCUT2D eigenvalue weighted by atomic mass is 19.1. The highest BCUT2D eigenvalue weighted by molar-refractivity contribution is 5.96. The van der Waals surface area contributed by atoms with Crippen LogP contribution < -0.4 is 4.74 Å². The minimum atomic E-state index is -0.495. The fraction of sp³-hybridized carbons (Fsp3) is 0.300. The van der Waals surface area contributed by atoms with Crippen LogP contribution in [0.25, 0.3) is 0 Å². The van der Waals surface area contributed by atoms with Crippen LogP contribution in [0.3, 0.4) is 0 Å². The molecule has 0 unspecified atom stereocenters. The molecule has 0 saturated heterocycles. The second-order valence-electron chi connectivity index (χ2n) is 2.81. The van der Waals surface area contributed by atoms with E-state index in [-0.39, 0.29) is 11.3 Å². The van der Waals surface area contributed by atoms with E-state index in [1.807, 2.05) is 0 Å². The maximum atomic E-state index is 13.1. The predicted molar refractivity (Wildman–Crippen MR) is 47.7 cm³/mol. The zero-order valence-electron chi connectivity index (χ0n) is 7.85. The summed E-state index contributed by atoms with van der Waals surface area (Å²) >= 11 is 0. The Balaban J connectivity index is 3.38. The average Bonchev–Trinajstić information content (AvgIpc) is 2.04. The topological polar surface area (TPSA) is 26.3 Å². The van der Waals surface area contributed by atoms with Gasteiger partial charge in [-0.3, -0.25) is 4.79 Å². The molecule has 0 heterocycles. The van der Waals surface area contributed by atoms with E-state index in [2.05, 4.69) is 0 Å². The lowest BCUT2D eigenvalue weighted by Gasteiger charge is -2.08. The van der Waals surface area contributed by atoms with Gasteiger partial charge in [0.2, 0.25) is 0 Å². The van der Waals surface area contributed by atoms with Gasteiger partial charge in [-0.15, -0.1) is 0 Å². The summed E-state index contributed by atoms with van der Waals surface area (Å²) in [4.78, 5) is 11.1. The number of carbonyl (C=O) groups excluding carboxylic acids is 1. The highest BCUT2D eigenvalue weighted by Crippen LogP contribution is 2.23. The van der Waals surface area contributed by atoms with Crippen molar-refractivity contribution in [2.45, 2.75) is 13.8 Å². The van der Waals surface area contributed by atoms with Gasteiger partial charge >= 0.3 is 0 Å². The molecular weight excluding hydrogens is 171 g/mol. The number of carbonyl (C=O) groups is 1. The molecule has 0 fully saturated rings.